The van der Waals surface area contributed by atoms with Crippen molar-refractivity contribution in [2.75, 3.05) is 0 Å². The fourth-order valence-electron chi connectivity index (χ4n) is 2.12. The van der Waals surface area contributed by atoms with Gasteiger partial charge in [0, 0.05) is 27.8 Å². The Bertz CT molecular complexity index is 891. The molecule has 1 nitrogen and oxygen atoms in total. The van der Waals surface area contributed by atoms with E-state index in [0.717, 1.165) is 34.1 Å². The van der Waals surface area contributed by atoms with Gasteiger partial charge < -0.3 is 0 Å². The molecule has 0 radical (unpaired) electrons. The first-order valence-corrected chi connectivity index (χ1v) is 7.24. The number of aldehydes is 1. The molecule has 0 saturated heterocycles. The van der Waals surface area contributed by atoms with E-state index in [-0.39, 0.29) is 0 Å². The predicted molar refractivity (Wildman–Crippen MR) is 94.1 cm³/mol. The largest absolute Gasteiger partial charge is 0.298 e. The molecule has 0 unspecified atom stereocenters. The molecular weight excluding hydrogens is 280 g/mol. The Hall–Kier alpha value is -3.21. The summed E-state index contributed by atoms with van der Waals surface area (Å²) >= 11 is 0. The lowest BCUT2D eigenvalue weighted by Gasteiger charge is -1.99. The average molecular weight is 296 g/mol. The van der Waals surface area contributed by atoms with E-state index in [1.807, 2.05) is 37.3 Å². The summed E-state index contributed by atoms with van der Waals surface area (Å²) in [6.07, 6.45) is 0.854. The first kappa shape index (κ1) is 16.2. The number of benzene rings is 2. The van der Waals surface area contributed by atoms with E-state index in [1.54, 1.807) is 19.9 Å². The lowest BCUT2D eigenvalue weighted by molar-refractivity contribution is 0.112. The summed E-state index contributed by atoms with van der Waals surface area (Å²) in [5.41, 5.74) is 5.08. The van der Waals surface area contributed by atoms with E-state index < -0.39 is 0 Å². The van der Waals surface area contributed by atoms with Crippen LogP contribution in [0.3, 0.4) is 0 Å². The van der Waals surface area contributed by atoms with Crippen molar-refractivity contribution in [3.05, 3.63) is 69.8 Å². The Kier molecular flexibility index (Phi) is 5.41. The van der Waals surface area contributed by atoms with Crippen LogP contribution in [0.1, 0.15) is 52.0 Å². The van der Waals surface area contributed by atoms with Crippen LogP contribution in [0.4, 0.5) is 0 Å². The summed E-state index contributed by atoms with van der Waals surface area (Å²) in [4.78, 5) is 11.0. The van der Waals surface area contributed by atoms with Gasteiger partial charge in [-0.2, -0.15) is 0 Å². The predicted octanol–water partition coefficient (Wildman–Crippen LogP) is 3.95. The minimum Gasteiger partial charge on any atom is -0.298 e. The van der Waals surface area contributed by atoms with Crippen LogP contribution >= 0.6 is 0 Å². The molecule has 0 aliphatic heterocycles. The summed E-state index contributed by atoms with van der Waals surface area (Å²) in [6, 6.07) is 11.5. The highest BCUT2D eigenvalue weighted by Gasteiger charge is 1.98. The molecule has 2 rings (SSSR count). The number of aryl methyl sites for hydroxylation is 1. The summed E-state index contributed by atoms with van der Waals surface area (Å²) in [6.45, 7) is 5.51. The Morgan fingerprint density at radius 1 is 0.739 bits per heavy atom. The Morgan fingerprint density at radius 2 is 1.26 bits per heavy atom. The van der Waals surface area contributed by atoms with E-state index in [2.05, 4.69) is 35.5 Å². The molecular formula is C22H16O. The van der Waals surface area contributed by atoms with Gasteiger partial charge in [0.2, 0.25) is 0 Å². The Balaban J connectivity index is 2.44. The lowest BCUT2D eigenvalue weighted by atomic mass is 10.0. The van der Waals surface area contributed by atoms with Crippen molar-refractivity contribution in [3.63, 3.8) is 0 Å². The molecule has 0 atom stereocenters. The molecule has 0 aliphatic carbocycles. The Morgan fingerprint density at radius 3 is 1.78 bits per heavy atom. The van der Waals surface area contributed by atoms with Gasteiger partial charge in [0.1, 0.15) is 6.29 Å². The number of carbonyl (C=O) groups excluding carboxylic acids is 1. The van der Waals surface area contributed by atoms with Crippen molar-refractivity contribution in [2.24, 2.45) is 0 Å². The minimum atomic E-state index is 0.667. The van der Waals surface area contributed by atoms with Crippen LogP contribution in [0.15, 0.2) is 36.4 Å². The molecule has 0 aromatic heterocycles. The molecule has 23 heavy (non-hydrogen) atoms. The van der Waals surface area contributed by atoms with E-state index in [1.165, 1.54) is 0 Å². The molecule has 0 heterocycles. The molecule has 1 heteroatoms. The third kappa shape index (κ3) is 4.38. The maximum Gasteiger partial charge on any atom is 0.150 e. The fraction of sp³-hybridized carbons (Fsp3) is 0.136. The fourth-order valence-corrected chi connectivity index (χ4v) is 2.12. The van der Waals surface area contributed by atoms with Crippen molar-refractivity contribution in [3.8, 4) is 35.5 Å². The zero-order valence-corrected chi connectivity index (χ0v) is 13.4. The van der Waals surface area contributed by atoms with Crippen molar-refractivity contribution in [1.29, 1.82) is 0 Å². The van der Waals surface area contributed by atoms with Crippen LogP contribution in [0.25, 0.3) is 0 Å². The van der Waals surface area contributed by atoms with Gasteiger partial charge in [0.05, 0.1) is 0 Å². The van der Waals surface area contributed by atoms with E-state index >= 15 is 0 Å². The van der Waals surface area contributed by atoms with E-state index in [9.17, 15) is 4.79 Å². The quantitative estimate of drug-likeness (QED) is 0.575. The van der Waals surface area contributed by atoms with Crippen molar-refractivity contribution in [2.45, 2.75) is 20.8 Å². The van der Waals surface area contributed by atoms with Gasteiger partial charge >= 0.3 is 0 Å². The van der Waals surface area contributed by atoms with Crippen LogP contribution in [-0.2, 0) is 0 Å². The van der Waals surface area contributed by atoms with Gasteiger partial charge in [-0.3, -0.25) is 4.79 Å². The number of rotatable bonds is 1. The zero-order valence-electron chi connectivity index (χ0n) is 13.4. The molecule has 0 N–H and O–H groups in total. The maximum absolute atomic E-state index is 11.0. The van der Waals surface area contributed by atoms with Crippen LogP contribution in [-0.4, -0.2) is 6.29 Å². The van der Waals surface area contributed by atoms with E-state index in [4.69, 9.17) is 0 Å². The summed E-state index contributed by atoms with van der Waals surface area (Å²) in [5, 5.41) is 0. The van der Waals surface area contributed by atoms with Gasteiger partial charge in [-0.25, -0.2) is 0 Å². The highest BCUT2D eigenvalue weighted by atomic mass is 16.1. The molecule has 2 aromatic rings. The molecule has 110 valence electrons. The summed E-state index contributed by atoms with van der Waals surface area (Å²) in [7, 11) is 0. The second-order valence-electron chi connectivity index (χ2n) is 4.99. The first-order chi connectivity index (χ1) is 11.2. The topological polar surface area (TPSA) is 17.1 Å². The molecule has 0 spiro atoms. The van der Waals surface area contributed by atoms with Crippen LogP contribution in [0.2, 0.25) is 0 Å². The number of hydrogen-bond acceptors (Lipinski definition) is 1. The summed E-state index contributed by atoms with van der Waals surface area (Å²) < 4.78 is 0. The van der Waals surface area contributed by atoms with Gasteiger partial charge in [0.25, 0.3) is 0 Å². The van der Waals surface area contributed by atoms with Crippen LogP contribution < -0.4 is 0 Å². The van der Waals surface area contributed by atoms with Crippen LogP contribution in [0.5, 0.6) is 0 Å². The van der Waals surface area contributed by atoms with Gasteiger partial charge in [-0.05, 0) is 56.7 Å². The van der Waals surface area contributed by atoms with Crippen molar-refractivity contribution >= 4 is 6.29 Å². The average Bonchev–Trinajstić information content (AvgIpc) is 2.54. The van der Waals surface area contributed by atoms with Gasteiger partial charge in [-0.15, -0.1) is 11.8 Å². The number of carbonyl (C=O) groups is 1. The van der Waals surface area contributed by atoms with Crippen LogP contribution in [0, 0.1) is 42.4 Å². The highest BCUT2D eigenvalue weighted by Crippen LogP contribution is 2.11. The molecule has 0 saturated carbocycles. The molecule has 2 aromatic carbocycles. The van der Waals surface area contributed by atoms with E-state index in [0.29, 0.717) is 5.56 Å². The zero-order chi connectivity index (χ0) is 16.7. The second kappa shape index (κ2) is 7.70. The molecule has 0 amide bonds. The van der Waals surface area contributed by atoms with Gasteiger partial charge in [-0.1, -0.05) is 29.7 Å². The van der Waals surface area contributed by atoms with Crippen molar-refractivity contribution < 1.29 is 4.79 Å². The monoisotopic (exact) mass is 296 g/mol. The third-order valence-corrected chi connectivity index (χ3v) is 3.23. The third-order valence-electron chi connectivity index (χ3n) is 3.23. The second-order valence-corrected chi connectivity index (χ2v) is 4.99. The maximum atomic E-state index is 11.0. The molecule has 0 bridgehead atoms. The Labute approximate surface area is 137 Å². The molecule has 0 fully saturated rings. The van der Waals surface area contributed by atoms with Crippen molar-refractivity contribution in [1.82, 2.24) is 0 Å². The minimum absolute atomic E-state index is 0.667. The SMILES string of the molecule is CC#Cc1cc(C#CC)cc(C#Cc2ccc(C)c(C=O)c2)c1. The summed E-state index contributed by atoms with van der Waals surface area (Å²) in [5.74, 6) is 18.1. The lowest BCUT2D eigenvalue weighted by Crippen LogP contribution is -1.88. The number of hydrogen-bond donors (Lipinski definition) is 0. The molecule has 0 aliphatic rings. The smallest absolute Gasteiger partial charge is 0.150 e. The first-order valence-electron chi connectivity index (χ1n) is 7.24. The normalized spacial score (nSPS) is 8.65. The standard InChI is InChI=1S/C22H16O/c1-4-6-19-12-20(7-5-2)14-21(13-19)11-10-18-9-8-17(3)22(15-18)16-23/h8-9,12-16H,1-3H3. The van der Waals surface area contributed by atoms with Gasteiger partial charge in [0.15, 0.2) is 0 Å². The highest BCUT2D eigenvalue weighted by molar-refractivity contribution is 5.78.